The molecule has 0 bridgehead atoms. The van der Waals surface area contributed by atoms with Crippen LogP contribution in [0.3, 0.4) is 0 Å². The molecule has 0 saturated carbocycles. The van der Waals surface area contributed by atoms with Crippen molar-refractivity contribution >= 4 is 26.6 Å². The fraction of sp³-hybridized carbons (Fsp3) is 0.273. The SMILES string of the molecule is CCc1ccc2[nH]c(C3=CCNCC3)c(OS(=O)(=O)c3ccc(C)cc3)c2c1. The summed E-state index contributed by atoms with van der Waals surface area (Å²) in [6.07, 6.45) is 3.77. The van der Waals surface area contributed by atoms with E-state index < -0.39 is 10.1 Å². The number of benzene rings is 2. The zero-order chi connectivity index (χ0) is 19.7. The van der Waals surface area contributed by atoms with Crippen LogP contribution in [0.15, 0.2) is 53.4 Å². The van der Waals surface area contributed by atoms with Crippen molar-refractivity contribution in [1.82, 2.24) is 10.3 Å². The van der Waals surface area contributed by atoms with Gasteiger partial charge in [-0.05, 0) is 61.7 Å². The first-order valence-electron chi connectivity index (χ1n) is 9.54. The van der Waals surface area contributed by atoms with Crippen molar-refractivity contribution in [2.45, 2.75) is 31.6 Å². The van der Waals surface area contributed by atoms with Crippen molar-refractivity contribution in [3.05, 3.63) is 65.4 Å². The Morgan fingerprint density at radius 2 is 1.89 bits per heavy atom. The third-order valence-electron chi connectivity index (χ3n) is 5.11. The summed E-state index contributed by atoms with van der Waals surface area (Å²) in [6, 6.07) is 12.8. The molecular weight excluding hydrogens is 372 g/mol. The topological polar surface area (TPSA) is 71.2 Å². The van der Waals surface area contributed by atoms with Crippen molar-refractivity contribution in [3.8, 4) is 5.75 Å². The van der Waals surface area contributed by atoms with Gasteiger partial charge in [-0.2, -0.15) is 8.42 Å². The average Bonchev–Trinajstić information content (AvgIpc) is 3.06. The number of hydrogen-bond acceptors (Lipinski definition) is 4. The molecule has 0 unspecified atom stereocenters. The molecule has 0 saturated heterocycles. The van der Waals surface area contributed by atoms with Crippen LogP contribution >= 0.6 is 0 Å². The smallest absolute Gasteiger partial charge is 0.339 e. The van der Waals surface area contributed by atoms with Crippen molar-refractivity contribution in [1.29, 1.82) is 0 Å². The highest BCUT2D eigenvalue weighted by Crippen LogP contribution is 2.38. The number of aromatic amines is 1. The van der Waals surface area contributed by atoms with Crippen LogP contribution < -0.4 is 9.50 Å². The molecule has 146 valence electrons. The van der Waals surface area contributed by atoms with Crippen molar-refractivity contribution < 1.29 is 12.6 Å². The summed E-state index contributed by atoms with van der Waals surface area (Å²) < 4.78 is 31.7. The highest BCUT2D eigenvalue weighted by atomic mass is 32.2. The van der Waals surface area contributed by atoms with Crippen LogP contribution in [0.2, 0.25) is 0 Å². The van der Waals surface area contributed by atoms with Gasteiger partial charge in [0.05, 0.1) is 5.69 Å². The maximum atomic E-state index is 13.0. The van der Waals surface area contributed by atoms with Gasteiger partial charge in [0.2, 0.25) is 0 Å². The van der Waals surface area contributed by atoms with Gasteiger partial charge in [0.25, 0.3) is 0 Å². The van der Waals surface area contributed by atoms with Crippen molar-refractivity contribution in [2.75, 3.05) is 13.1 Å². The lowest BCUT2D eigenvalue weighted by Gasteiger charge is -2.15. The lowest BCUT2D eigenvalue weighted by molar-refractivity contribution is 0.487. The molecule has 0 spiro atoms. The van der Waals surface area contributed by atoms with E-state index in [1.165, 1.54) is 0 Å². The van der Waals surface area contributed by atoms with Gasteiger partial charge in [-0.1, -0.05) is 36.8 Å². The predicted molar refractivity (Wildman–Crippen MR) is 112 cm³/mol. The van der Waals surface area contributed by atoms with Gasteiger partial charge in [0.15, 0.2) is 5.75 Å². The summed E-state index contributed by atoms with van der Waals surface area (Å²) in [5.74, 6) is 0.388. The number of nitrogens with one attached hydrogen (secondary N) is 2. The minimum Gasteiger partial charge on any atom is -0.376 e. The first-order chi connectivity index (χ1) is 13.5. The number of fused-ring (bicyclic) bond motifs is 1. The van der Waals surface area contributed by atoms with Crippen LogP contribution in [0.25, 0.3) is 16.5 Å². The molecule has 3 aromatic rings. The highest BCUT2D eigenvalue weighted by molar-refractivity contribution is 7.87. The van der Waals surface area contributed by atoms with Gasteiger partial charge >= 0.3 is 10.1 Å². The Hall–Kier alpha value is -2.57. The third-order valence-corrected chi connectivity index (χ3v) is 6.35. The van der Waals surface area contributed by atoms with E-state index in [9.17, 15) is 8.42 Å². The second kappa shape index (κ2) is 7.45. The highest BCUT2D eigenvalue weighted by Gasteiger charge is 2.24. The first-order valence-corrected chi connectivity index (χ1v) is 10.9. The Morgan fingerprint density at radius 1 is 1.11 bits per heavy atom. The van der Waals surface area contributed by atoms with E-state index in [2.05, 4.69) is 29.4 Å². The molecule has 1 aliphatic heterocycles. The zero-order valence-electron chi connectivity index (χ0n) is 16.1. The van der Waals surface area contributed by atoms with E-state index in [4.69, 9.17) is 4.18 Å². The lowest BCUT2D eigenvalue weighted by Crippen LogP contribution is -2.20. The lowest BCUT2D eigenvalue weighted by atomic mass is 10.0. The summed E-state index contributed by atoms with van der Waals surface area (Å²) in [6.45, 7) is 5.61. The maximum Gasteiger partial charge on any atom is 0.339 e. The zero-order valence-corrected chi connectivity index (χ0v) is 16.9. The molecule has 0 atom stereocenters. The van der Waals surface area contributed by atoms with Crippen LogP contribution in [0.5, 0.6) is 5.75 Å². The van der Waals surface area contributed by atoms with Crippen LogP contribution in [-0.4, -0.2) is 26.5 Å². The molecular formula is C22H24N2O3S. The fourth-order valence-electron chi connectivity index (χ4n) is 3.46. The minimum atomic E-state index is -3.94. The van der Waals surface area contributed by atoms with Crippen LogP contribution in [0, 0.1) is 6.92 Å². The van der Waals surface area contributed by atoms with E-state index in [-0.39, 0.29) is 4.90 Å². The molecule has 0 amide bonds. The van der Waals surface area contributed by atoms with Gasteiger partial charge in [-0.3, -0.25) is 0 Å². The Morgan fingerprint density at radius 3 is 2.57 bits per heavy atom. The van der Waals surface area contributed by atoms with Gasteiger partial charge in [-0.15, -0.1) is 0 Å². The molecule has 1 aliphatic rings. The second-order valence-corrected chi connectivity index (χ2v) is 8.64. The molecule has 2 heterocycles. The van der Waals surface area contributed by atoms with E-state index >= 15 is 0 Å². The molecule has 0 aliphatic carbocycles. The Kier molecular flexibility index (Phi) is 5.00. The molecule has 28 heavy (non-hydrogen) atoms. The van der Waals surface area contributed by atoms with Crippen molar-refractivity contribution in [3.63, 3.8) is 0 Å². The van der Waals surface area contributed by atoms with Crippen LogP contribution in [0.1, 0.15) is 30.2 Å². The molecule has 2 N–H and O–H groups in total. The van der Waals surface area contributed by atoms with Crippen LogP contribution in [-0.2, 0) is 16.5 Å². The maximum absolute atomic E-state index is 13.0. The van der Waals surface area contributed by atoms with E-state index in [0.717, 1.165) is 59.2 Å². The summed E-state index contributed by atoms with van der Waals surface area (Å²) in [5.41, 5.74) is 4.83. The van der Waals surface area contributed by atoms with Gasteiger partial charge < -0.3 is 14.5 Å². The number of aryl methyl sites for hydroxylation is 2. The number of H-pyrrole nitrogens is 1. The minimum absolute atomic E-state index is 0.157. The first kappa shape index (κ1) is 18.8. The Bertz CT molecular complexity index is 1140. The van der Waals surface area contributed by atoms with Gasteiger partial charge in [-0.25, -0.2) is 0 Å². The third kappa shape index (κ3) is 3.57. The van der Waals surface area contributed by atoms with E-state index in [1.807, 2.05) is 19.1 Å². The largest absolute Gasteiger partial charge is 0.376 e. The summed E-state index contributed by atoms with van der Waals surface area (Å²) in [5, 5.41) is 4.08. The fourth-order valence-corrected chi connectivity index (χ4v) is 4.42. The monoisotopic (exact) mass is 396 g/mol. The summed E-state index contributed by atoms with van der Waals surface area (Å²) in [7, 11) is -3.94. The standard InChI is InChI=1S/C22H24N2O3S/c1-3-16-6-9-20-19(14-16)22(21(24-20)17-10-12-23-13-11-17)27-28(25,26)18-7-4-15(2)5-8-18/h4-10,14,23-24H,3,11-13H2,1-2H3. The molecule has 6 heteroatoms. The average molecular weight is 397 g/mol. The predicted octanol–water partition coefficient (Wildman–Crippen LogP) is 4.18. The molecule has 5 nitrogen and oxygen atoms in total. The van der Waals surface area contributed by atoms with Crippen molar-refractivity contribution in [2.24, 2.45) is 0 Å². The summed E-state index contributed by atoms with van der Waals surface area (Å²) in [4.78, 5) is 3.54. The number of aromatic nitrogens is 1. The Labute approximate surface area is 165 Å². The summed E-state index contributed by atoms with van der Waals surface area (Å²) >= 11 is 0. The number of hydrogen-bond donors (Lipinski definition) is 2. The molecule has 1 aromatic heterocycles. The number of rotatable bonds is 5. The van der Waals surface area contributed by atoms with Gasteiger partial charge in [0.1, 0.15) is 4.90 Å². The normalized spacial score (nSPS) is 14.9. The van der Waals surface area contributed by atoms with Crippen LogP contribution in [0.4, 0.5) is 0 Å². The molecule has 0 fully saturated rings. The quantitative estimate of drug-likeness (QED) is 0.635. The molecule has 0 radical (unpaired) electrons. The van der Waals surface area contributed by atoms with E-state index in [0.29, 0.717) is 5.75 Å². The molecule has 2 aromatic carbocycles. The second-order valence-electron chi connectivity index (χ2n) is 7.10. The molecule has 4 rings (SSSR count). The van der Waals surface area contributed by atoms with E-state index in [1.54, 1.807) is 24.3 Å². The van der Waals surface area contributed by atoms with Gasteiger partial charge in [0, 0.05) is 17.4 Å². The Balaban J connectivity index is 1.85.